The van der Waals surface area contributed by atoms with Crippen molar-refractivity contribution in [3.05, 3.63) is 12.7 Å². The smallest absolute Gasteiger partial charge is 0.356 e. The van der Waals surface area contributed by atoms with Crippen LogP contribution in [0.25, 0.3) is 0 Å². The van der Waals surface area contributed by atoms with Crippen LogP contribution in [0.4, 0.5) is 0 Å². The molecular formula is C11H23O5P. The molecule has 0 unspecified atom stereocenters. The Hall–Kier alpha value is -0.190. The van der Waals surface area contributed by atoms with Crippen LogP contribution in [0.15, 0.2) is 12.7 Å². The Kier molecular flexibility index (Phi) is 6.05. The summed E-state index contributed by atoms with van der Waals surface area (Å²) in [6.45, 7) is 10.8. The van der Waals surface area contributed by atoms with Crippen molar-refractivity contribution in [2.45, 2.75) is 45.1 Å². The van der Waals surface area contributed by atoms with Gasteiger partial charge in [-0.25, -0.2) is 0 Å². The van der Waals surface area contributed by atoms with Crippen LogP contribution in [0.5, 0.6) is 0 Å². The van der Waals surface area contributed by atoms with E-state index in [4.69, 9.17) is 19.3 Å². The van der Waals surface area contributed by atoms with Gasteiger partial charge in [0.15, 0.2) is 5.34 Å². The third-order valence-electron chi connectivity index (χ3n) is 2.45. The highest BCUT2D eigenvalue weighted by atomic mass is 31.2. The summed E-state index contributed by atoms with van der Waals surface area (Å²) < 4.78 is 21.8. The maximum absolute atomic E-state index is 11.1. The normalized spacial score (nSPS) is 13.8. The van der Waals surface area contributed by atoms with E-state index in [0.717, 1.165) is 0 Å². The van der Waals surface area contributed by atoms with Gasteiger partial charge >= 0.3 is 7.60 Å². The molecule has 0 aliphatic rings. The van der Waals surface area contributed by atoms with Crippen LogP contribution in [0.2, 0.25) is 0 Å². The molecule has 0 spiro atoms. The van der Waals surface area contributed by atoms with E-state index < -0.39 is 18.5 Å². The van der Waals surface area contributed by atoms with Gasteiger partial charge in [-0.1, -0.05) is 6.08 Å². The predicted octanol–water partition coefficient (Wildman–Crippen LogP) is 2.29. The zero-order valence-electron chi connectivity index (χ0n) is 11.0. The topological polar surface area (TPSA) is 76.0 Å². The minimum atomic E-state index is -4.25. The van der Waals surface area contributed by atoms with Gasteiger partial charge in [-0.05, 0) is 34.1 Å². The Morgan fingerprint density at radius 2 is 1.76 bits per heavy atom. The van der Waals surface area contributed by atoms with Crippen LogP contribution in [0, 0.1) is 0 Å². The van der Waals surface area contributed by atoms with Crippen molar-refractivity contribution >= 4 is 7.60 Å². The molecule has 102 valence electrons. The average molecular weight is 266 g/mol. The molecule has 0 aliphatic carbocycles. The summed E-state index contributed by atoms with van der Waals surface area (Å²) in [6, 6.07) is 0. The molecule has 0 fully saturated rings. The second-order valence-corrected chi connectivity index (χ2v) is 7.11. The van der Waals surface area contributed by atoms with Gasteiger partial charge in [-0.3, -0.25) is 4.57 Å². The molecule has 0 amide bonds. The highest BCUT2D eigenvalue weighted by Gasteiger charge is 2.39. The number of ether oxygens (including phenoxy) is 2. The highest BCUT2D eigenvalue weighted by Crippen LogP contribution is 2.50. The van der Waals surface area contributed by atoms with Crippen molar-refractivity contribution in [1.82, 2.24) is 0 Å². The zero-order chi connectivity index (χ0) is 13.7. The molecule has 0 aromatic rings. The maximum Gasteiger partial charge on any atom is 0.356 e. The van der Waals surface area contributed by atoms with Crippen molar-refractivity contribution < 1.29 is 23.8 Å². The molecule has 2 N–H and O–H groups in total. The van der Waals surface area contributed by atoms with Crippen LogP contribution >= 0.6 is 7.60 Å². The van der Waals surface area contributed by atoms with Crippen molar-refractivity contribution in [3.8, 4) is 0 Å². The van der Waals surface area contributed by atoms with Gasteiger partial charge in [0.2, 0.25) is 0 Å². The third-order valence-corrected chi connectivity index (χ3v) is 3.98. The van der Waals surface area contributed by atoms with Gasteiger partial charge in [0.05, 0.1) is 18.8 Å². The lowest BCUT2D eigenvalue weighted by Crippen LogP contribution is -2.30. The summed E-state index contributed by atoms with van der Waals surface area (Å²) in [5.41, 5.74) is -0.404. The Bertz CT molecular complexity index is 292. The Balaban J connectivity index is 4.15. The van der Waals surface area contributed by atoms with Crippen molar-refractivity contribution in [2.75, 3.05) is 13.2 Å². The Labute approximate surface area is 103 Å². The van der Waals surface area contributed by atoms with Gasteiger partial charge in [-0.2, -0.15) is 0 Å². The first-order valence-corrected chi connectivity index (χ1v) is 7.07. The Morgan fingerprint density at radius 1 is 1.24 bits per heavy atom. The average Bonchev–Trinajstić information content (AvgIpc) is 2.12. The molecule has 0 atom stereocenters. The van der Waals surface area contributed by atoms with Crippen molar-refractivity contribution in [2.24, 2.45) is 0 Å². The van der Waals surface area contributed by atoms with E-state index in [9.17, 15) is 4.57 Å². The summed E-state index contributed by atoms with van der Waals surface area (Å²) in [6.07, 6.45) is 2.20. The Morgan fingerprint density at radius 3 is 2.18 bits per heavy atom. The first kappa shape index (κ1) is 16.8. The molecular weight excluding hydrogens is 243 g/mol. The van der Waals surface area contributed by atoms with E-state index in [2.05, 4.69) is 6.58 Å². The van der Waals surface area contributed by atoms with Gasteiger partial charge < -0.3 is 19.3 Å². The molecule has 0 saturated carbocycles. The number of hydrogen-bond acceptors (Lipinski definition) is 3. The van der Waals surface area contributed by atoms with E-state index in [1.165, 1.54) is 13.8 Å². The summed E-state index contributed by atoms with van der Waals surface area (Å²) in [5, 5.41) is -1.46. The molecule has 0 bridgehead atoms. The monoisotopic (exact) mass is 266 g/mol. The summed E-state index contributed by atoms with van der Waals surface area (Å²) in [7, 11) is -4.25. The maximum atomic E-state index is 11.1. The second-order valence-electron chi connectivity index (χ2n) is 4.95. The van der Waals surface area contributed by atoms with Crippen LogP contribution in [0.3, 0.4) is 0 Å². The fourth-order valence-corrected chi connectivity index (χ4v) is 1.25. The number of hydrogen-bond donors (Lipinski definition) is 2. The summed E-state index contributed by atoms with van der Waals surface area (Å²) in [5.74, 6) is 0. The zero-order valence-corrected chi connectivity index (χ0v) is 11.9. The van der Waals surface area contributed by atoms with E-state index in [-0.39, 0.29) is 6.61 Å². The molecule has 0 aromatic heterocycles. The molecule has 0 rings (SSSR count). The first-order valence-electron chi connectivity index (χ1n) is 5.46. The van der Waals surface area contributed by atoms with Gasteiger partial charge in [0.25, 0.3) is 0 Å². The van der Waals surface area contributed by atoms with Crippen molar-refractivity contribution in [3.63, 3.8) is 0 Å². The molecule has 0 aliphatic heterocycles. The highest BCUT2D eigenvalue weighted by molar-refractivity contribution is 7.53. The quantitative estimate of drug-likeness (QED) is 0.520. The molecule has 6 heteroatoms. The third kappa shape index (κ3) is 6.34. The predicted molar refractivity (Wildman–Crippen MR) is 66.9 cm³/mol. The summed E-state index contributed by atoms with van der Waals surface area (Å²) in [4.78, 5) is 18.1. The molecule has 0 saturated heterocycles. The molecule has 5 nitrogen and oxygen atoms in total. The SMILES string of the molecule is C=CCOC(C)(C)CCOC(C)(C)P(=O)(O)O. The van der Waals surface area contributed by atoms with Crippen LogP contribution in [-0.4, -0.2) is 33.9 Å². The number of rotatable bonds is 8. The molecule has 17 heavy (non-hydrogen) atoms. The largest absolute Gasteiger partial charge is 0.371 e. The van der Waals surface area contributed by atoms with E-state index >= 15 is 0 Å². The van der Waals surface area contributed by atoms with Gasteiger partial charge in [0, 0.05) is 0 Å². The van der Waals surface area contributed by atoms with Crippen LogP contribution < -0.4 is 0 Å². The second kappa shape index (κ2) is 6.12. The fraction of sp³-hybridized carbons (Fsp3) is 0.818. The minimum absolute atomic E-state index is 0.224. The molecule has 0 heterocycles. The fourth-order valence-electron chi connectivity index (χ4n) is 0.987. The summed E-state index contributed by atoms with van der Waals surface area (Å²) >= 11 is 0. The molecule has 0 radical (unpaired) electrons. The van der Waals surface area contributed by atoms with Crippen molar-refractivity contribution in [1.29, 1.82) is 0 Å². The van der Waals surface area contributed by atoms with E-state index in [0.29, 0.717) is 13.0 Å². The van der Waals surface area contributed by atoms with Crippen LogP contribution in [-0.2, 0) is 14.0 Å². The van der Waals surface area contributed by atoms with Crippen LogP contribution in [0.1, 0.15) is 34.1 Å². The minimum Gasteiger partial charge on any atom is -0.371 e. The first-order chi connectivity index (χ1) is 7.52. The van der Waals surface area contributed by atoms with Gasteiger partial charge in [0.1, 0.15) is 0 Å². The van der Waals surface area contributed by atoms with E-state index in [1.54, 1.807) is 6.08 Å². The standard InChI is InChI=1S/C11H23O5P/c1-6-8-15-10(2,3)7-9-16-11(4,5)17(12,13)14/h6H,1,7-9H2,2-5H3,(H2,12,13,14). The van der Waals surface area contributed by atoms with Gasteiger partial charge in [-0.15, -0.1) is 6.58 Å². The van der Waals surface area contributed by atoms with E-state index in [1.807, 2.05) is 13.8 Å². The molecule has 0 aromatic carbocycles. The lowest BCUT2D eigenvalue weighted by atomic mass is 10.1. The lowest BCUT2D eigenvalue weighted by Gasteiger charge is -2.29. The lowest BCUT2D eigenvalue weighted by molar-refractivity contribution is -0.0477.